The lowest BCUT2D eigenvalue weighted by Gasteiger charge is -2.14. The Balaban J connectivity index is 1.71. The van der Waals surface area contributed by atoms with Gasteiger partial charge >= 0.3 is 5.97 Å². The molecular formula is C18H18N4O3. The Morgan fingerprint density at radius 3 is 2.76 bits per heavy atom. The van der Waals surface area contributed by atoms with E-state index in [2.05, 4.69) is 15.1 Å². The van der Waals surface area contributed by atoms with Crippen molar-refractivity contribution in [3.63, 3.8) is 0 Å². The lowest BCUT2D eigenvalue weighted by atomic mass is 10.1. The van der Waals surface area contributed by atoms with Gasteiger partial charge in [-0.15, -0.1) is 0 Å². The summed E-state index contributed by atoms with van der Waals surface area (Å²) in [5.41, 5.74) is 2.30. The molecule has 7 nitrogen and oxygen atoms in total. The van der Waals surface area contributed by atoms with Crippen molar-refractivity contribution in [1.29, 1.82) is 0 Å². The number of aryl methyl sites for hydroxylation is 1. The van der Waals surface area contributed by atoms with Gasteiger partial charge in [0.25, 0.3) is 5.89 Å². The van der Waals surface area contributed by atoms with Gasteiger partial charge in [0, 0.05) is 25.9 Å². The number of benzene rings is 1. The monoisotopic (exact) mass is 338 g/mol. The van der Waals surface area contributed by atoms with Crippen molar-refractivity contribution in [2.24, 2.45) is 0 Å². The number of carbonyl (C=O) groups excluding carboxylic acids is 1. The van der Waals surface area contributed by atoms with Gasteiger partial charge in [-0.1, -0.05) is 29.4 Å². The maximum Gasteiger partial charge on any atom is 0.342 e. The van der Waals surface area contributed by atoms with Gasteiger partial charge in [0.15, 0.2) is 6.61 Å². The van der Waals surface area contributed by atoms with E-state index in [9.17, 15) is 4.79 Å². The van der Waals surface area contributed by atoms with E-state index in [0.29, 0.717) is 17.2 Å². The van der Waals surface area contributed by atoms with Gasteiger partial charge in [-0.25, -0.2) is 9.78 Å². The largest absolute Gasteiger partial charge is 0.452 e. The SMILES string of the molecule is Cc1ccccc1-c1noc(COC(=O)c2cccnc2N(C)C)n1. The van der Waals surface area contributed by atoms with Crippen LogP contribution in [0, 0.1) is 6.92 Å². The number of hydrogen-bond acceptors (Lipinski definition) is 7. The summed E-state index contributed by atoms with van der Waals surface area (Å²) in [5.74, 6) is 0.757. The van der Waals surface area contributed by atoms with Gasteiger partial charge in [0.1, 0.15) is 11.4 Å². The highest BCUT2D eigenvalue weighted by Crippen LogP contribution is 2.20. The molecular weight excluding hydrogens is 320 g/mol. The summed E-state index contributed by atoms with van der Waals surface area (Å²) >= 11 is 0. The summed E-state index contributed by atoms with van der Waals surface area (Å²) in [5, 5.41) is 3.95. The zero-order valence-electron chi connectivity index (χ0n) is 14.3. The molecule has 0 N–H and O–H groups in total. The molecule has 0 unspecified atom stereocenters. The highest BCUT2D eigenvalue weighted by atomic mass is 16.6. The van der Waals surface area contributed by atoms with E-state index >= 15 is 0 Å². The van der Waals surface area contributed by atoms with E-state index in [1.165, 1.54) is 0 Å². The van der Waals surface area contributed by atoms with Crippen LogP contribution in [0.5, 0.6) is 0 Å². The average molecular weight is 338 g/mol. The maximum absolute atomic E-state index is 12.3. The van der Waals surface area contributed by atoms with Crippen molar-refractivity contribution in [1.82, 2.24) is 15.1 Å². The summed E-state index contributed by atoms with van der Waals surface area (Å²) in [7, 11) is 3.62. The van der Waals surface area contributed by atoms with Crippen LogP contribution in [0.15, 0.2) is 47.1 Å². The number of esters is 1. The Morgan fingerprint density at radius 2 is 2.00 bits per heavy atom. The first-order valence-electron chi connectivity index (χ1n) is 7.74. The van der Waals surface area contributed by atoms with Gasteiger partial charge in [-0.05, 0) is 24.6 Å². The molecule has 3 aromatic rings. The van der Waals surface area contributed by atoms with E-state index < -0.39 is 5.97 Å². The first kappa shape index (κ1) is 16.6. The summed E-state index contributed by atoms with van der Waals surface area (Å²) < 4.78 is 10.5. The van der Waals surface area contributed by atoms with Crippen molar-refractivity contribution < 1.29 is 14.1 Å². The number of carbonyl (C=O) groups is 1. The fourth-order valence-corrected chi connectivity index (χ4v) is 2.36. The molecule has 0 aliphatic heterocycles. The fraction of sp³-hybridized carbons (Fsp3) is 0.222. The van der Waals surface area contributed by atoms with Crippen LogP contribution in [-0.4, -0.2) is 35.2 Å². The molecule has 0 bridgehead atoms. The molecule has 0 spiro atoms. The summed E-state index contributed by atoms with van der Waals surface area (Å²) in [6.45, 7) is 1.87. The number of pyridine rings is 1. The van der Waals surface area contributed by atoms with Gasteiger partial charge < -0.3 is 14.2 Å². The first-order chi connectivity index (χ1) is 12.1. The molecule has 1 aromatic carbocycles. The number of anilines is 1. The molecule has 0 saturated carbocycles. The summed E-state index contributed by atoms with van der Waals surface area (Å²) in [6.07, 6.45) is 1.62. The molecule has 0 atom stereocenters. The number of ether oxygens (including phenoxy) is 1. The average Bonchev–Trinajstić information content (AvgIpc) is 3.08. The van der Waals surface area contributed by atoms with Crippen LogP contribution >= 0.6 is 0 Å². The number of nitrogens with zero attached hydrogens (tertiary/aromatic N) is 4. The third-order valence-corrected chi connectivity index (χ3v) is 3.61. The number of rotatable bonds is 5. The molecule has 3 rings (SSSR count). The lowest BCUT2D eigenvalue weighted by Crippen LogP contribution is -2.17. The van der Waals surface area contributed by atoms with Crippen LogP contribution < -0.4 is 4.90 Å². The minimum absolute atomic E-state index is 0.0977. The topological polar surface area (TPSA) is 81.3 Å². The molecule has 0 radical (unpaired) electrons. The van der Waals surface area contributed by atoms with Crippen LogP contribution in [0.1, 0.15) is 21.8 Å². The minimum atomic E-state index is -0.493. The van der Waals surface area contributed by atoms with Gasteiger partial charge in [-0.2, -0.15) is 4.98 Å². The Morgan fingerprint density at radius 1 is 1.20 bits per heavy atom. The quantitative estimate of drug-likeness (QED) is 0.662. The van der Waals surface area contributed by atoms with E-state index in [0.717, 1.165) is 11.1 Å². The van der Waals surface area contributed by atoms with Crippen molar-refractivity contribution in [2.75, 3.05) is 19.0 Å². The van der Waals surface area contributed by atoms with Gasteiger partial charge in [-0.3, -0.25) is 0 Å². The highest BCUT2D eigenvalue weighted by Gasteiger charge is 2.17. The molecule has 0 aliphatic carbocycles. The van der Waals surface area contributed by atoms with Crippen LogP contribution in [0.4, 0.5) is 5.82 Å². The molecule has 2 aromatic heterocycles. The van der Waals surface area contributed by atoms with E-state index in [1.807, 2.05) is 45.3 Å². The molecule has 25 heavy (non-hydrogen) atoms. The fourth-order valence-electron chi connectivity index (χ4n) is 2.36. The normalized spacial score (nSPS) is 10.5. The third kappa shape index (κ3) is 3.65. The number of aromatic nitrogens is 3. The smallest absolute Gasteiger partial charge is 0.342 e. The Bertz CT molecular complexity index is 889. The van der Waals surface area contributed by atoms with Crippen molar-refractivity contribution in [3.8, 4) is 11.4 Å². The minimum Gasteiger partial charge on any atom is -0.452 e. The van der Waals surface area contributed by atoms with E-state index in [-0.39, 0.29) is 12.5 Å². The second-order valence-electron chi connectivity index (χ2n) is 5.67. The van der Waals surface area contributed by atoms with Gasteiger partial charge in [0.2, 0.25) is 5.82 Å². The number of hydrogen-bond donors (Lipinski definition) is 0. The van der Waals surface area contributed by atoms with Crippen molar-refractivity contribution in [2.45, 2.75) is 13.5 Å². The molecule has 0 amide bonds. The zero-order valence-corrected chi connectivity index (χ0v) is 14.3. The first-order valence-corrected chi connectivity index (χ1v) is 7.74. The molecule has 0 fully saturated rings. The molecule has 128 valence electrons. The molecule has 0 saturated heterocycles. The van der Waals surface area contributed by atoms with E-state index in [4.69, 9.17) is 9.26 Å². The summed E-state index contributed by atoms with van der Waals surface area (Å²) in [4.78, 5) is 22.5. The summed E-state index contributed by atoms with van der Waals surface area (Å²) in [6, 6.07) is 11.1. The Labute approximate surface area is 145 Å². The second-order valence-corrected chi connectivity index (χ2v) is 5.67. The predicted molar refractivity (Wildman–Crippen MR) is 92.2 cm³/mol. The zero-order chi connectivity index (χ0) is 17.8. The lowest BCUT2D eigenvalue weighted by molar-refractivity contribution is 0.0430. The van der Waals surface area contributed by atoms with Gasteiger partial charge in [0.05, 0.1) is 0 Å². The van der Waals surface area contributed by atoms with Crippen LogP contribution in [0.3, 0.4) is 0 Å². The standard InChI is InChI=1S/C18H18N4O3/c1-12-7-4-5-8-13(12)16-20-15(25-21-16)11-24-18(23)14-9-6-10-19-17(14)22(2)3/h4-10H,11H2,1-3H3. The third-order valence-electron chi connectivity index (χ3n) is 3.61. The highest BCUT2D eigenvalue weighted by molar-refractivity contribution is 5.94. The Kier molecular flexibility index (Phi) is 4.74. The van der Waals surface area contributed by atoms with Crippen LogP contribution in [-0.2, 0) is 11.3 Å². The molecule has 2 heterocycles. The second kappa shape index (κ2) is 7.12. The van der Waals surface area contributed by atoms with Crippen LogP contribution in [0.25, 0.3) is 11.4 Å². The van der Waals surface area contributed by atoms with E-state index in [1.54, 1.807) is 23.2 Å². The molecule has 0 aliphatic rings. The van der Waals surface area contributed by atoms with Crippen LogP contribution in [0.2, 0.25) is 0 Å². The predicted octanol–water partition coefficient (Wildman–Crippen LogP) is 2.86. The molecule has 7 heteroatoms. The van der Waals surface area contributed by atoms with Crippen molar-refractivity contribution in [3.05, 3.63) is 59.6 Å². The van der Waals surface area contributed by atoms with Crippen molar-refractivity contribution >= 4 is 11.8 Å². The Hall–Kier alpha value is -3.22. The maximum atomic E-state index is 12.3.